The number of rotatable bonds is 6. The van der Waals surface area contributed by atoms with Gasteiger partial charge in [-0.2, -0.15) is 5.10 Å². The molecular formula is C27H28FN5O2. The van der Waals surface area contributed by atoms with Crippen LogP contribution in [0.5, 0.6) is 0 Å². The second-order valence-electron chi connectivity index (χ2n) is 8.46. The smallest absolute Gasteiger partial charge is 0.318 e. The molecule has 7 nitrogen and oxygen atoms in total. The molecule has 2 amide bonds. The standard InChI is InChI=1S/C27H28FN5O2/c1-3-23-22-18-32(27(34)29-14-16-35-2)25(19-9-7-10-20(28)17-19)24-13-8-15-31(24)26(22)33(30-23)21-11-5-4-6-12-21/h4-13,15,17,25H,3,14,16,18H2,1-2H3,(H,29,34)/t25-/m1/s1. The van der Waals surface area contributed by atoms with Gasteiger partial charge in [0.15, 0.2) is 0 Å². The first-order valence-corrected chi connectivity index (χ1v) is 11.7. The second kappa shape index (κ2) is 9.76. The maximum absolute atomic E-state index is 14.4. The molecule has 180 valence electrons. The topological polar surface area (TPSA) is 64.3 Å². The van der Waals surface area contributed by atoms with Crippen molar-refractivity contribution in [1.82, 2.24) is 24.6 Å². The predicted molar refractivity (Wildman–Crippen MR) is 131 cm³/mol. The van der Waals surface area contributed by atoms with Gasteiger partial charge in [-0.25, -0.2) is 13.9 Å². The molecule has 5 rings (SSSR count). The zero-order chi connectivity index (χ0) is 24.4. The number of para-hydroxylation sites is 1. The minimum Gasteiger partial charge on any atom is -0.383 e. The van der Waals surface area contributed by atoms with E-state index < -0.39 is 6.04 Å². The highest BCUT2D eigenvalue weighted by atomic mass is 19.1. The van der Waals surface area contributed by atoms with Gasteiger partial charge < -0.3 is 19.5 Å². The van der Waals surface area contributed by atoms with Crippen LogP contribution < -0.4 is 5.32 Å². The van der Waals surface area contributed by atoms with Crippen molar-refractivity contribution < 1.29 is 13.9 Å². The van der Waals surface area contributed by atoms with E-state index in [1.165, 1.54) is 12.1 Å². The summed E-state index contributed by atoms with van der Waals surface area (Å²) in [5.41, 5.74) is 4.38. The van der Waals surface area contributed by atoms with Gasteiger partial charge in [-0.3, -0.25) is 0 Å². The largest absolute Gasteiger partial charge is 0.383 e. The van der Waals surface area contributed by atoms with Crippen LogP contribution in [0.1, 0.15) is 35.5 Å². The highest BCUT2D eigenvalue weighted by molar-refractivity contribution is 5.76. The summed E-state index contributed by atoms with van der Waals surface area (Å²) in [5.74, 6) is 0.550. The lowest BCUT2D eigenvalue weighted by atomic mass is 10.0. The lowest BCUT2D eigenvalue weighted by molar-refractivity contribution is 0.168. The number of aryl methyl sites for hydroxylation is 1. The summed E-state index contributed by atoms with van der Waals surface area (Å²) in [5, 5.41) is 7.90. The Bertz CT molecular complexity index is 1330. The van der Waals surface area contributed by atoms with Gasteiger partial charge in [-0.05, 0) is 48.4 Å². The van der Waals surface area contributed by atoms with Gasteiger partial charge in [0.1, 0.15) is 11.6 Å². The van der Waals surface area contributed by atoms with Crippen molar-refractivity contribution in [3.8, 4) is 11.5 Å². The summed E-state index contributed by atoms with van der Waals surface area (Å²) < 4.78 is 23.5. The van der Waals surface area contributed by atoms with Gasteiger partial charge >= 0.3 is 6.03 Å². The number of methoxy groups -OCH3 is 1. The summed E-state index contributed by atoms with van der Waals surface area (Å²) in [7, 11) is 1.60. The molecule has 1 N–H and O–H groups in total. The van der Waals surface area contributed by atoms with Gasteiger partial charge in [0.05, 0.1) is 36.3 Å². The molecule has 8 heteroatoms. The van der Waals surface area contributed by atoms with Gasteiger partial charge in [0, 0.05) is 25.4 Å². The van der Waals surface area contributed by atoms with Crippen molar-refractivity contribution in [1.29, 1.82) is 0 Å². The number of urea groups is 1. The zero-order valence-electron chi connectivity index (χ0n) is 19.8. The Labute approximate surface area is 203 Å². The monoisotopic (exact) mass is 473 g/mol. The molecule has 0 bridgehead atoms. The van der Waals surface area contributed by atoms with E-state index in [1.807, 2.05) is 59.4 Å². The highest BCUT2D eigenvalue weighted by Gasteiger charge is 2.36. The third-order valence-electron chi connectivity index (χ3n) is 6.31. The van der Waals surface area contributed by atoms with Crippen LogP contribution in [0.15, 0.2) is 72.9 Å². The molecule has 35 heavy (non-hydrogen) atoms. The van der Waals surface area contributed by atoms with Crippen LogP contribution in [0.2, 0.25) is 0 Å². The van der Waals surface area contributed by atoms with E-state index in [1.54, 1.807) is 18.1 Å². The molecular weight excluding hydrogens is 445 g/mol. The fourth-order valence-corrected chi connectivity index (χ4v) is 4.74. The third-order valence-corrected chi connectivity index (χ3v) is 6.31. The molecule has 0 unspecified atom stereocenters. The number of fused-ring (bicyclic) bond motifs is 3. The van der Waals surface area contributed by atoms with Gasteiger partial charge in [0.25, 0.3) is 0 Å². The van der Waals surface area contributed by atoms with Gasteiger partial charge in [-0.1, -0.05) is 37.3 Å². The maximum atomic E-state index is 14.4. The number of ether oxygens (including phenoxy) is 1. The molecule has 1 atom stereocenters. The quantitative estimate of drug-likeness (QED) is 0.416. The van der Waals surface area contributed by atoms with E-state index in [-0.39, 0.29) is 11.8 Å². The molecule has 0 spiro atoms. The Balaban J connectivity index is 1.72. The van der Waals surface area contributed by atoms with Gasteiger partial charge in [-0.15, -0.1) is 0 Å². The summed E-state index contributed by atoms with van der Waals surface area (Å²) in [6.45, 7) is 3.16. The summed E-state index contributed by atoms with van der Waals surface area (Å²) in [4.78, 5) is 15.3. The highest BCUT2D eigenvalue weighted by Crippen LogP contribution is 2.38. The summed E-state index contributed by atoms with van der Waals surface area (Å²) in [6, 6.07) is 19.6. The summed E-state index contributed by atoms with van der Waals surface area (Å²) >= 11 is 0. The fourth-order valence-electron chi connectivity index (χ4n) is 4.74. The van der Waals surface area contributed by atoms with Gasteiger partial charge in [0.2, 0.25) is 0 Å². The molecule has 1 aliphatic heterocycles. The number of hydrogen-bond acceptors (Lipinski definition) is 3. The maximum Gasteiger partial charge on any atom is 0.318 e. The number of carbonyl (C=O) groups excluding carboxylic acids is 1. The van der Waals surface area contributed by atoms with Crippen LogP contribution in [-0.2, 0) is 17.7 Å². The SMILES string of the molecule is CCc1nn(-c2ccccc2)c2c1CN(C(=O)NCCOC)[C@H](c1cccc(F)c1)c1cccn1-2. The fraction of sp³-hybridized carbons (Fsp3) is 0.259. The number of aromatic nitrogens is 3. The Morgan fingerprint density at radius 3 is 2.71 bits per heavy atom. The van der Waals surface area contributed by atoms with E-state index in [4.69, 9.17) is 9.84 Å². The van der Waals surface area contributed by atoms with Crippen LogP contribution >= 0.6 is 0 Å². The van der Waals surface area contributed by atoms with Crippen molar-refractivity contribution in [3.63, 3.8) is 0 Å². The van der Waals surface area contributed by atoms with Crippen LogP contribution in [0, 0.1) is 5.82 Å². The molecule has 3 heterocycles. The Morgan fingerprint density at radius 1 is 1.14 bits per heavy atom. The molecule has 0 radical (unpaired) electrons. The number of halogens is 1. The minimum absolute atomic E-state index is 0.244. The first kappa shape index (κ1) is 22.9. The first-order valence-electron chi connectivity index (χ1n) is 11.7. The number of amides is 2. The third kappa shape index (κ3) is 4.21. The van der Waals surface area contributed by atoms with Crippen LogP contribution in [0.4, 0.5) is 9.18 Å². The molecule has 0 saturated heterocycles. The molecule has 4 aromatic rings. The molecule has 2 aromatic heterocycles. The van der Waals surface area contributed by atoms with Crippen LogP contribution in [0.3, 0.4) is 0 Å². The Kier molecular flexibility index (Phi) is 6.37. The number of benzene rings is 2. The van der Waals surface area contributed by atoms with Crippen molar-refractivity contribution in [2.75, 3.05) is 20.3 Å². The molecule has 0 aliphatic carbocycles. The second-order valence-corrected chi connectivity index (χ2v) is 8.46. The van der Waals surface area contributed by atoms with Crippen molar-refractivity contribution in [3.05, 3.63) is 101 Å². The normalized spacial score (nSPS) is 14.8. The van der Waals surface area contributed by atoms with Crippen molar-refractivity contribution in [2.24, 2.45) is 0 Å². The van der Waals surface area contributed by atoms with E-state index in [2.05, 4.69) is 16.8 Å². The number of carbonyl (C=O) groups is 1. The average molecular weight is 474 g/mol. The van der Waals surface area contributed by atoms with Crippen LogP contribution in [-0.4, -0.2) is 45.5 Å². The molecule has 0 saturated carbocycles. The van der Waals surface area contributed by atoms with Crippen molar-refractivity contribution >= 4 is 6.03 Å². The zero-order valence-corrected chi connectivity index (χ0v) is 19.8. The molecule has 0 fully saturated rings. The first-order chi connectivity index (χ1) is 17.1. The lowest BCUT2D eigenvalue weighted by Crippen LogP contribution is -2.43. The Morgan fingerprint density at radius 2 is 1.97 bits per heavy atom. The van der Waals surface area contributed by atoms with E-state index in [0.29, 0.717) is 31.7 Å². The number of nitrogens with zero attached hydrogens (tertiary/aromatic N) is 4. The molecule has 2 aromatic carbocycles. The van der Waals surface area contributed by atoms with Crippen LogP contribution in [0.25, 0.3) is 11.5 Å². The van der Waals surface area contributed by atoms with E-state index >= 15 is 0 Å². The average Bonchev–Trinajstić information content (AvgIpc) is 3.45. The van der Waals surface area contributed by atoms with E-state index in [0.717, 1.165) is 28.5 Å². The Hall–Kier alpha value is -3.91. The number of nitrogens with one attached hydrogen (secondary N) is 1. The van der Waals surface area contributed by atoms with Crippen molar-refractivity contribution in [2.45, 2.75) is 25.9 Å². The minimum atomic E-state index is -0.496. The lowest BCUT2D eigenvalue weighted by Gasteiger charge is -2.31. The summed E-state index contributed by atoms with van der Waals surface area (Å²) in [6.07, 6.45) is 2.69. The van der Waals surface area contributed by atoms with E-state index in [9.17, 15) is 9.18 Å². The number of hydrogen-bond donors (Lipinski definition) is 1. The molecule has 1 aliphatic rings. The predicted octanol–water partition coefficient (Wildman–Crippen LogP) is 4.63.